The summed E-state index contributed by atoms with van der Waals surface area (Å²) in [6.45, 7) is 2.14. The van der Waals surface area contributed by atoms with Gasteiger partial charge in [-0.25, -0.2) is 0 Å². The van der Waals surface area contributed by atoms with Crippen LogP contribution in [0.3, 0.4) is 0 Å². The molecule has 1 aliphatic heterocycles. The van der Waals surface area contributed by atoms with Crippen molar-refractivity contribution < 1.29 is 19.1 Å². The molecule has 1 aromatic carbocycles. The standard InChI is InChI=1S/C19H21N3O4S/c1-2-25-17(23)10-13-5-3-11-9-12(4-6-14(11)26-13)22-19(24)16-8-7-15(27-16)18(20)21/h4,6-9,13H,2-3,5,10H2,1H3,(H3,20,21)(H,22,24)/t13-/m0/s1. The first-order valence-electron chi connectivity index (χ1n) is 8.67. The molecule has 1 atom stereocenters. The summed E-state index contributed by atoms with van der Waals surface area (Å²) in [6, 6.07) is 8.76. The number of esters is 1. The normalized spacial score (nSPS) is 15.4. The highest BCUT2D eigenvalue weighted by atomic mass is 32.1. The summed E-state index contributed by atoms with van der Waals surface area (Å²) < 4.78 is 10.8. The number of carbonyl (C=O) groups is 2. The zero-order chi connectivity index (χ0) is 19.4. The van der Waals surface area contributed by atoms with Crippen LogP contribution in [0.1, 0.15) is 39.9 Å². The summed E-state index contributed by atoms with van der Waals surface area (Å²) in [5.74, 6) is 0.172. The van der Waals surface area contributed by atoms with E-state index in [0.717, 1.165) is 24.2 Å². The second kappa shape index (κ2) is 8.22. The average Bonchev–Trinajstić information content (AvgIpc) is 3.12. The van der Waals surface area contributed by atoms with E-state index in [9.17, 15) is 9.59 Å². The predicted molar refractivity (Wildman–Crippen MR) is 104 cm³/mol. The first-order chi connectivity index (χ1) is 13.0. The SMILES string of the molecule is CCOC(=O)C[C@@H]1CCc2cc(NC(=O)c3ccc(C(=N)N)s3)ccc2O1. The van der Waals surface area contributed by atoms with Gasteiger partial charge in [-0.15, -0.1) is 11.3 Å². The average molecular weight is 387 g/mol. The maximum absolute atomic E-state index is 12.4. The molecule has 1 aliphatic rings. The van der Waals surface area contributed by atoms with Crippen molar-refractivity contribution >= 4 is 34.7 Å². The monoisotopic (exact) mass is 387 g/mol. The molecule has 8 heteroatoms. The van der Waals surface area contributed by atoms with Crippen molar-refractivity contribution in [2.75, 3.05) is 11.9 Å². The number of aryl methyl sites for hydroxylation is 1. The highest BCUT2D eigenvalue weighted by Gasteiger charge is 2.23. The number of fused-ring (bicyclic) bond motifs is 1. The summed E-state index contributed by atoms with van der Waals surface area (Å²) in [4.78, 5) is 25.0. The van der Waals surface area contributed by atoms with Gasteiger partial charge in [0, 0.05) is 5.69 Å². The van der Waals surface area contributed by atoms with Crippen LogP contribution >= 0.6 is 11.3 Å². The molecule has 1 amide bonds. The number of rotatable bonds is 6. The fourth-order valence-corrected chi connectivity index (χ4v) is 3.63. The van der Waals surface area contributed by atoms with Gasteiger partial charge < -0.3 is 20.5 Å². The van der Waals surface area contributed by atoms with Gasteiger partial charge in [0.1, 0.15) is 17.7 Å². The number of benzene rings is 1. The van der Waals surface area contributed by atoms with Crippen LogP contribution in [0.5, 0.6) is 5.75 Å². The number of thiophene rings is 1. The summed E-state index contributed by atoms with van der Waals surface area (Å²) in [6.07, 6.45) is 1.53. The van der Waals surface area contributed by atoms with Crippen LogP contribution in [0.4, 0.5) is 5.69 Å². The third-order valence-corrected chi connectivity index (χ3v) is 5.26. The molecule has 4 N–H and O–H groups in total. The number of amidine groups is 1. The maximum Gasteiger partial charge on any atom is 0.309 e. The number of carbonyl (C=O) groups excluding carboxylic acids is 2. The number of ether oxygens (including phenoxy) is 2. The van der Waals surface area contributed by atoms with Crippen LogP contribution in [-0.4, -0.2) is 30.4 Å². The number of amides is 1. The first-order valence-corrected chi connectivity index (χ1v) is 9.48. The first kappa shape index (κ1) is 18.9. The van der Waals surface area contributed by atoms with Crippen molar-refractivity contribution in [3.05, 3.63) is 45.6 Å². The van der Waals surface area contributed by atoms with Crippen molar-refractivity contribution in [1.82, 2.24) is 0 Å². The molecule has 0 unspecified atom stereocenters. The number of nitrogens with two attached hydrogens (primary N) is 1. The van der Waals surface area contributed by atoms with E-state index in [2.05, 4.69) is 5.32 Å². The smallest absolute Gasteiger partial charge is 0.309 e. The molecule has 142 valence electrons. The summed E-state index contributed by atoms with van der Waals surface area (Å²) in [5.41, 5.74) is 7.09. The van der Waals surface area contributed by atoms with Gasteiger partial charge in [0.15, 0.2) is 0 Å². The molecule has 0 aliphatic carbocycles. The second-order valence-electron chi connectivity index (χ2n) is 6.14. The largest absolute Gasteiger partial charge is 0.490 e. The molecule has 3 rings (SSSR count). The Hall–Kier alpha value is -2.87. The molecule has 0 saturated heterocycles. The minimum Gasteiger partial charge on any atom is -0.490 e. The van der Waals surface area contributed by atoms with Crippen LogP contribution in [0, 0.1) is 5.41 Å². The van der Waals surface area contributed by atoms with Crippen molar-refractivity contribution in [3.8, 4) is 5.75 Å². The maximum atomic E-state index is 12.4. The Bertz CT molecular complexity index is 878. The van der Waals surface area contributed by atoms with E-state index in [1.165, 1.54) is 11.3 Å². The summed E-state index contributed by atoms with van der Waals surface area (Å²) in [7, 11) is 0. The Labute approximate surface area is 161 Å². The highest BCUT2D eigenvalue weighted by Crippen LogP contribution is 2.31. The van der Waals surface area contributed by atoms with E-state index in [-0.39, 0.29) is 30.2 Å². The lowest BCUT2D eigenvalue weighted by Crippen LogP contribution is -2.26. The number of hydrogen-bond donors (Lipinski definition) is 3. The van der Waals surface area contributed by atoms with Crippen LogP contribution in [0.15, 0.2) is 30.3 Å². The fraction of sp³-hybridized carbons (Fsp3) is 0.316. The quantitative estimate of drug-likeness (QED) is 0.400. The molecular weight excluding hydrogens is 366 g/mol. The third kappa shape index (κ3) is 4.65. The Morgan fingerprint density at radius 2 is 2.11 bits per heavy atom. The molecule has 0 spiro atoms. The zero-order valence-electron chi connectivity index (χ0n) is 14.9. The number of nitrogen functional groups attached to an aromatic ring is 1. The lowest BCUT2D eigenvalue weighted by Gasteiger charge is -2.26. The summed E-state index contributed by atoms with van der Waals surface area (Å²) in [5, 5.41) is 10.3. The van der Waals surface area contributed by atoms with E-state index in [4.69, 9.17) is 20.6 Å². The third-order valence-electron chi connectivity index (χ3n) is 4.14. The Morgan fingerprint density at radius 3 is 2.81 bits per heavy atom. The Kier molecular flexibility index (Phi) is 5.75. The van der Waals surface area contributed by atoms with E-state index >= 15 is 0 Å². The number of anilines is 1. The molecule has 2 aromatic rings. The molecule has 1 aromatic heterocycles. The fourth-order valence-electron chi connectivity index (χ4n) is 2.87. The van der Waals surface area contributed by atoms with Gasteiger partial charge in [0.25, 0.3) is 5.91 Å². The predicted octanol–water partition coefficient (Wildman–Crippen LogP) is 2.93. The molecular formula is C19H21N3O4S. The number of hydrogen-bond acceptors (Lipinski definition) is 6. The van der Waals surface area contributed by atoms with Gasteiger partial charge in [-0.1, -0.05) is 0 Å². The molecule has 0 fully saturated rings. The highest BCUT2D eigenvalue weighted by molar-refractivity contribution is 7.16. The van der Waals surface area contributed by atoms with Gasteiger partial charge >= 0.3 is 5.97 Å². The Morgan fingerprint density at radius 1 is 1.33 bits per heavy atom. The van der Waals surface area contributed by atoms with Crippen LogP contribution in [-0.2, 0) is 16.0 Å². The lowest BCUT2D eigenvalue weighted by atomic mass is 10.00. The van der Waals surface area contributed by atoms with Crippen molar-refractivity contribution in [3.63, 3.8) is 0 Å². The molecule has 27 heavy (non-hydrogen) atoms. The van der Waals surface area contributed by atoms with E-state index in [1.807, 2.05) is 6.07 Å². The van der Waals surface area contributed by atoms with Crippen LogP contribution in [0.2, 0.25) is 0 Å². The molecule has 0 saturated carbocycles. The van der Waals surface area contributed by atoms with Gasteiger partial charge in [-0.2, -0.15) is 0 Å². The Balaban J connectivity index is 1.64. The molecule has 0 bridgehead atoms. The number of nitrogens with one attached hydrogen (secondary N) is 2. The molecule has 0 radical (unpaired) electrons. The van der Waals surface area contributed by atoms with Crippen LogP contribution < -0.4 is 15.8 Å². The molecule has 7 nitrogen and oxygen atoms in total. The van der Waals surface area contributed by atoms with Crippen molar-refractivity contribution in [1.29, 1.82) is 5.41 Å². The van der Waals surface area contributed by atoms with Gasteiger partial charge in [-0.3, -0.25) is 15.0 Å². The minimum absolute atomic E-state index is 0.0534. The van der Waals surface area contributed by atoms with Crippen molar-refractivity contribution in [2.45, 2.75) is 32.3 Å². The van der Waals surface area contributed by atoms with E-state index in [0.29, 0.717) is 22.0 Å². The topological polar surface area (TPSA) is 114 Å². The molecule has 2 heterocycles. The van der Waals surface area contributed by atoms with Crippen LogP contribution in [0.25, 0.3) is 0 Å². The van der Waals surface area contributed by atoms with Gasteiger partial charge in [0.2, 0.25) is 0 Å². The zero-order valence-corrected chi connectivity index (χ0v) is 15.7. The van der Waals surface area contributed by atoms with E-state index < -0.39 is 0 Å². The summed E-state index contributed by atoms with van der Waals surface area (Å²) >= 11 is 1.18. The van der Waals surface area contributed by atoms with Gasteiger partial charge in [0.05, 0.1) is 22.8 Å². The lowest BCUT2D eigenvalue weighted by molar-refractivity contribution is -0.145. The van der Waals surface area contributed by atoms with E-state index in [1.54, 1.807) is 31.2 Å². The second-order valence-corrected chi connectivity index (χ2v) is 7.23. The minimum atomic E-state index is -0.254. The van der Waals surface area contributed by atoms with Gasteiger partial charge in [-0.05, 0) is 55.7 Å². The van der Waals surface area contributed by atoms with Crippen molar-refractivity contribution in [2.24, 2.45) is 5.73 Å².